The smallest absolute Gasteiger partial charge is 0.305 e. The number of nitrogens with one attached hydrogen (secondary N) is 1. The third kappa shape index (κ3) is 63.6. The highest BCUT2D eigenvalue weighted by molar-refractivity contribution is 5.76. The van der Waals surface area contributed by atoms with Gasteiger partial charge in [0.1, 0.15) is 0 Å². The van der Waals surface area contributed by atoms with E-state index in [1.165, 1.54) is 327 Å². The van der Waals surface area contributed by atoms with Crippen LogP contribution in [0.15, 0.2) is 12.2 Å². The molecular formula is C71H139NO5. The van der Waals surface area contributed by atoms with Crippen molar-refractivity contribution in [1.29, 1.82) is 0 Å². The van der Waals surface area contributed by atoms with E-state index in [2.05, 4.69) is 31.3 Å². The van der Waals surface area contributed by atoms with Crippen LogP contribution in [0.1, 0.15) is 406 Å². The maximum Gasteiger partial charge on any atom is 0.305 e. The summed E-state index contributed by atoms with van der Waals surface area (Å²) in [6.07, 6.45) is 82.5. The van der Waals surface area contributed by atoms with Gasteiger partial charge in [-0.2, -0.15) is 0 Å². The number of hydrogen-bond acceptors (Lipinski definition) is 5. The van der Waals surface area contributed by atoms with Gasteiger partial charge < -0.3 is 20.3 Å². The van der Waals surface area contributed by atoms with Crippen molar-refractivity contribution in [2.24, 2.45) is 0 Å². The molecule has 0 radical (unpaired) electrons. The van der Waals surface area contributed by atoms with Crippen molar-refractivity contribution in [3.05, 3.63) is 12.2 Å². The average molecular weight is 1090 g/mol. The summed E-state index contributed by atoms with van der Waals surface area (Å²) in [7, 11) is 0. The summed E-state index contributed by atoms with van der Waals surface area (Å²) in [5, 5.41) is 23.4. The van der Waals surface area contributed by atoms with Crippen molar-refractivity contribution in [2.75, 3.05) is 13.2 Å². The van der Waals surface area contributed by atoms with Crippen molar-refractivity contribution in [3.8, 4) is 0 Å². The summed E-state index contributed by atoms with van der Waals surface area (Å²) in [4.78, 5) is 24.6. The Kier molecular flexibility index (Phi) is 65.9. The Bertz CT molecular complexity index is 1160. The summed E-state index contributed by atoms with van der Waals surface area (Å²) < 4.78 is 5.51. The highest BCUT2D eigenvalue weighted by atomic mass is 16.5. The molecular weight excluding hydrogens is 947 g/mol. The number of aliphatic hydroxyl groups excluding tert-OH is 2. The molecule has 0 aromatic heterocycles. The SMILES string of the molecule is CCCCCCCCC/C=C\CCCCCCCCCC(=O)OCCCCCCCCCCCCCCCCCCCCCCCCCCC(=O)NC(CO)C(O)CCCCCCCCCCCCCCCCCCCC. The average Bonchev–Trinajstić information content (AvgIpc) is 3.43. The lowest BCUT2D eigenvalue weighted by Crippen LogP contribution is -2.45. The Morgan fingerprint density at radius 1 is 0.351 bits per heavy atom. The zero-order chi connectivity index (χ0) is 55.7. The number of rotatable bonds is 67. The molecule has 2 unspecified atom stereocenters. The summed E-state index contributed by atoms with van der Waals surface area (Å²) in [5.74, 6) is -0.0158. The van der Waals surface area contributed by atoms with Gasteiger partial charge in [0.2, 0.25) is 5.91 Å². The molecule has 6 heteroatoms. The van der Waals surface area contributed by atoms with Crippen LogP contribution in [0.3, 0.4) is 0 Å². The third-order valence-electron chi connectivity index (χ3n) is 16.8. The van der Waals surface area contributed by atoms with E-state index in [1.807, 2.05) is 0 Å². The van der Waals surface area contributed by atoms with E-state index < -0.39 is 12.1 Å². The number of amides is 1. The fourth-order valence-corrected chi connectivity index (χ4v) is 11.4. The number of carbonyl (C=O) groups excluding carboxylic acids is 2. The molecule has 0 aliphatic rings. The Morgan fingerprint density at radius 3 is 0.922 bits per heavy atom. The van der Waals surface area contributed by atoms with Gasteiger partial charge in [0, 0.05) is 12.8 Å². The monoisotopic (exact) mass is 1090 g/mol. The van der Waals surface area contributed by atoms with E-state index in [0.717, 1.165) is 44.9 Å². The molecule has 0 saturated carbocycles. The molecule has 2 atom stereocenters. The third-order valence-corrected chi connectivity index (χ3v) is 16.8. The summed E-state index contributed by atoms with van der Waals surface area (Å²) in [6, 6.07) is -0.540. The number of esters is 1. The van der Waals surface area contributed by atoms with Gasteiger partial charge >= 0.3 is 5.97 Å². The number of ether oxygens (including phenoxy) is 1. The van der Waals surface area contributed by atoms with E-state index >= 15 is 0 Å². The molecule has 6 nitrogen and oxygen atoms in total. The molecule has 458 valence electrons. The zero-order valence-corrected chi connectivity index (χ0v) is 52.5. The molecule has 0 aliphatic heterocycles. The van der Waals surface area contributed by atoms with Crippen LogP contribution in [0.4, 0.5) is 0 Å². The molecule has 0 bridgehead atoms. The van der Waals surface area contributed by atoms with E-state index in [0.29, 0.717) is 25.9 Å². The minimum atomic E-state index is -0.663. The predicted octanol–water partition coefficient (Wildman–Crippen LogP) is 22.8. The molecule has 1 amide bonds. The second kappa shape index (κ2) is 67.1. The van der Waals surface area contributed by atoms with Crippen LogP contribution < -0.4 is 5.32 Å². The summed E-state index contributed by atoms with van der Waals surface area (Å²) in [5.41, 5.74) is 0. The number of aliphatic hydroxyl groups is 2. The van der Waals surface area contributed by atoms with Crippen molar-refractivity contribution in [3.63, 3.8) is 0 Å². The van der Waals surface area contributed by atoms with Gasteiger partial charge in [-0.25, -0.2) is 0 Å². The van der Waals surface area contributed by atoms with E-state index in [-0.39, 0.29) is 18.5 Å². The molecule has 0 saturated heterocycles. The first-order valence-electron chi connectivity index (χ1n) is 35.4. The lowest BCUT2D eigenvalue weighted by molar-refractivity contribution is -0.143. The molecule has 0 rings (SSSR count). The van der Waals surface area contributed by atoms with Gasteiger partial charge in [0.05, 0.1) is 25.4 Å². The Labute approximate surface area is 482 Å². The van der Waals surface area contributed by atoms with Crippen LogP contribution in [0.5, 0.6) is 0 Å². The van der Waals surface area contributed by atoms with Gasteiger partial charge in [0.25, 0.3) is 0 Å². The van der Waals surface area contributed by atoms with Gasteiger partial charge in [-0.05, 0) is 51.4 Å². The zero-order valence-electron chi connectivity index (χ0n) is 52.5. The Balaban J connectivity index is 3.35. The first kappa shape index (κ1) is 75.6. The molecule has 77 heavy (non-hydrogen) atoms. The Hall–Kier alpha value is -1.40. The topological polar surface area (TPSA) is 95.9 Å². The molecule has 0 fully saturated rings. The fraction of sp³-hybridized carbons (Fsp3) is 0.944. The quantitative estimate of drug-likeness (QED) is 0.0320. The van der Waals surface area contributed by atoms with E-state index in [9.17, 15) is 19.8 Å². The lowest BCUT2D eigenvalue weighted by Gasteiger charge is -2.22. The van der Waals surface area contributed by atoms with Gasteiger partial charge in [-0.1, -0.05) is 353 Å². The molecule has 0 aromatic carbocycles. The van der Waals surface area contributed by atoms with Gasteiger partial charge in [-0.3, -0.25) is 9.59 Å². The van der Waals surface area contributed by atoms with Crippen molar-refractivity contribution in [2.45, 2.75) is 418 Å². The van der Waals surface area contributed by atoms with Crippen LogP contribution in [0.2, 0.25) is 0 Å². The van der Waals surface area contributed by atoms with Crippen molar-refractivity contribution in [1.82, 2.24) is 5.32 Å². The standard InChI is InChI=1S/C71H139NO5/c1-3-5-7-9-11-13-15-17-19-21-31-35-39-43-47-51-55-59-63-69(74)68(67-73)72-70(75)64-60-56-52-48-44-40-36-32-29-27-25-23-24-26-28-30-34-38-42-46-50-54-58-62-66-77-71(76)65-61-57-53-49-45-41-37-33-22-20-18-16-14-12-10-8-6-4-2/h20,22,68-69,73-74H,3-19,21,23-67H2,1-2H3,(H,72,75)/b22-20-. The van der Waals surface area contributed by atoms with Gasteiger partial charge in [0.15, 0.2) is 0 Å². The number of allylic oxidation sites excluding steroid dienone is 2. The fourth-order valence-electron chi connectivity index (χ4n) is 11.4. The van der Waals surface area contributed by atoms with Crippen LogP contribution in [0, 0.1) is 0 Å². The first-order chi connectivity index (χ1) is 38.0. The second-order valence-electron chi connectivity index (χ2n) is 24.6. The molecule has 0 heterocycles. The van der Waals surface area contributed by atoms with Crippen molar-refractivity contribution >= 4 is 11.9 Å². The maximum atomic E-state index is 12.5. The van der Waals surface area contributed by atoms with Crippen LogP contribution in [-0.4, -0.2) is 47.4 Å². The number of unbranched alkanes of at least 4 members (excludes halogenated alkanes) is 54. The van der Waals surface area contributed by atoms with Crippen LogP contribution in [-0.2, 0) is 14.3 Å². The number of carbonyl (C=O) groups is 2. The summed E-state index contributed by atoms with van der Waals surface area (Å²) in [6.45, 7) is 4.99. The minimum absolute atomic E-state index is 0.0138. The van der Waals surface area contributed by atoms with Gasteiger partial charge in [-0.15, -0.1) is 0 Å². The Morgan fingerprint density at radius 2 is 0.610 bits per heavy atom. The van der Waals surface area contributed by atoms with Crippen LogP contribution >= 0.6 is 0 Å². The maximum absolute atomic E-state index is 12.5. The largest absolute Gasteiger partial charge is 0.466 e. The van der Waals surface area contributed by atoms with E-state index in [4.69, 9.17) is 4.74 Å². The molecule has 0 aliphatic carbocycles. The molecule has 3 N–H and O–H groups in total. The highest BCUT2D eigenvalue weighted by Crippen LogP contribution is 2.19. The molecule has 0 spiro atoms. The second-order valence-corrected chi connectivity index (χ2v) is 24.6. The lowest BCUT2D eigenvalue weighted by atomic mass is 10.0. The first-order valence-corrected chi connectivity index (χ1v) is 35.4. The normalized spacial score (nSPS) is 12.5. The number of hydrogen-bond donors (Lipinski definition) is 3. The summed E-state index contributed by atoms with van der Waals surface area (Å²) >= 11 is 0. The molecule has 0 aromatic rings. The highest BCUT2D eigenvalue weighted by Gasteiger charge is 2.20. The van der Waals surface area contributed by atoms with E-state index in [1.54, 1.807) is 0 Å². The van der Waals surface area contributed by atoms with Crippen LogP contribution in [0.25, 0.3) is 0 Å². The predicted molar refractivity (Wildman–Crippen MR) is 338 cm³/mol. The minimum Gasteiger partial charge on any atom is -0.466 e. The van der Waals surface area contributed by atoms with Crippen molar-refractivity contribution < 1.29 is 24.5 Å².